The molecule has 1 aliphatic rings. The Bertz CT molecular complexity index is 362. The molecule has 0 radical (unpaired) electrons. The van der Waals surface area contributed by atoms with Crippen molar-refractivity contribution in [3.8, 4) is 5.75 Å². The molecule has 0 aromatic heterocycles. The van der Waals surface area contributed by atoms with E-state index in [0.29, 0.717) is 11.8 Å². The first-order valence-corrected chi connectivity index (χ1v) is 6.07. The van der Waals surface area contributed by atoms with E-state index in [1.165, 1.54) is 0 Å². The molecule has 0 aliphatic carbocycles. The Morgan fingerprint density at radius 2 is 2.00 bits per heavy atom. The van der Waals surface area contributed by atoms with Gasteiger partial charge in [-0.15, -0.1) is 12.4 Å². The predicted molar refractivity (Wildman–Crippen MR) is 74.3 cm³/mol. The summed E-state index contributed by atoms with van der Waals surface area (Å²) >= 11 is 0. The van der Waals surface area contributed by atoms with Gasteiger partial charge in [-0.2, -0.15) is 0 Å². The molecular formula is C13H21ClN2O. The van der Waals surface area contributed by atoms with Crippen molar-refractivity contribution in [3.63, 3.8) is 0 Å². The van der Waals surface area contributed by atoms with Crippen LogP contribution in [-0.4, -0.2) is 24.7 Å². The van der Waals surface area contributed by atoms with Crippen LogP contribution >= 0.6 is 12.4 Å². The fourth-order valence-corrected chi connectivity index (χ4v) is 2.17. The van der Waals surface area contributed by atoms with Crippen LogP contribution in [0.5, 0.6) is 5.75 Å². The Hall–Kier alpha value is -0.930. The Balaban J connectivity index is 0.00000144. The van der Waals surface area contributed by atoms with Crippen LogP contribution in [0.4, 0.5) is 5.69 Å². The average Bonchev–Trinajstić information content (AvgIpc) is 2.21. The molecule has 1 aliphatic heterocycles. The van der Waals surface area contributed by atoms with Crippen LogP contribution in [0.25, 0.3) is 0 Å². The van der Waals surface area contributed by atoms with Gasteiger partial charge in [0.15, 0.2) is 0 Å². The second-order valence-corrected chi connectivity index (χ2v) is 4.21. The third-order valence-electron chi connectivity index (χ3n) is 3.34. The van der Waals surface area contributed by atoms with E-state index < -0.39 is 0 Å². The Labute approximate surface area is 109 Å². The van der Waals surface area contributed by atoms with E-state index in [2.05, 4.69) is 30.1 Å². The molecule has 17 heavy (non-hydrogen) atoms. The lowest BCUT2D eigenvalue weighted by atomic mass is 9.97. The van der Waals surface area contributed by atoms with E-state index in [9.17, 15) is 5.11 Å². The molecule has 2 N–H and O–H groups in total. The largest absolute Gasteiger partial charge is 0.508 e. The molecule has 1 saturated heterocycles. The quantitative estimate of drug-likeness (QED) is 0.870. The number of anilines is 1. The van der Waals surface area contributed by atoms with Gasteiger partial charge in [0.05, 0.1) is 0 Å². The molecule has 96 valence electrons. The van der Waals surface area contributed by atoms with E-state index in [1.807, 2.05) is 12.1 Å². The van der Waals surface area contributed by atoms with Crippen molar-refractivity contribution < 1.29 is 5.11 Å². The number of nitrogens with zero attached hydrogens (tertiary/aromatic N) is 1. The highest BCUT2D eigenvalue weighted by Gasteiger charge is 2.21. The minimum absolute atomic E-state index is 0. The number of hydrogen-bond donors (Lipinski definition) is 2. The van der Waals surface area contributed by atoms with Crippen LogP contribution in [0, 0.1) is 0 Å². The number of phenolic OH excluding ortho intramolecular Hbond substituents is 1. The molecule has 1 atom stereocenters. The van der Waals surface area contributed by atoms with Crippen LogP contribution in [-0.2, 0) is 0 Å². The van der Waals surface area contributed by atoms with Crippen LogP contribution < -0.4 is 10.2 Å². The molecule has 3 nitrogen and oxygen atoms in total. The van der Waals surface area contributed by atoms with Gasteiger partial charge in [-0.05, 0) is 32.9 Å². The van der Waals surface area contributed by atoms with Crippen molar-refractivity contribution in [2.24, 2.45) is 0 Å². The van der Waals surface area contributed by atoms with E-state index >= 15 is 0 Å². The zero-order chi connectivity index (χ0) is 11.5. The van der Waals surface area contributed by atoms with Crippen molar-refractivity contribution in [3.05, 3.63) is 23.8 Å². The van der Waals surface area contributed by atoms with Gasteiger partial charge in [-0.1, -0.05) is 6.07 Å². The van der Waals surface area contributed by atoms with Gasteiger partial charge in [-0.25, -0.2) is 0 Å². The molecule has 0 unspecified atom stereocenters. The number of halogens is 1. The Morgan fingerprint density at radius 1 is 1.35 bits per heavy atom. The number of rotatable bonds is 4. The maximum absolute atomic E-state index is 10.0. The molecule has 1 heterocycles. The molecule has 0 spiro atoms. The lowest BCUT2D eigenvalue weighted by molar-refractivity contribution is 0.364. The van der Waals surface area contributed by atoms with Crippen molar-refractivity contribution in [2.75, 3.05) is 24.5 Å². The van der Waals surface area contributed by atoms with Crippen LogP contribution in [0.2, 0.25) is 0 Å². The highest BCUT2D eigenvalue weighted by molar-refractivity contribution is 5.85. The molecule has 2 rings (SSSR count). The third kappa shape index (κ3) is 2.85. The molecule has 1 fully saturated rings. The molecule has 0 bridgehead atoms. The molecule has 4 heteroatoms. The number of aromatic hydroxyl groups is 1. The first-order valence-electron chi connectivity index (χ1n) is 6.07. The summed E-state index contributed by atoms with van der Waals surface area (Å²) in [7, 11) is 0. The van der Waals surface area contributed by atoms with E-state index in [4.69, 9.17) is 0 Å². The van der Waals surface area contributed by atoms with Crippen LogP contribution in [0.15, 0.2) is 18.2 Å². The SMILES string of the molecule is CCN(CC)c1ccc([C@H]2CCN2)c(O)c1.Cl. The summed E-state index contributed by atoms with van der Waals surface area (Å²) in [6.45, 7) is 7.25. The number of phenols is 1. The average molecular weight is 257 g/mol. The summed E-state index contributed by atoms with van der Waals surface area (Å²) < 4.78 is 0. The topological polar surface area (TPSA) is 35.5 Å². The number of benzene rings is 1. The van der Waals surface area contributed by atoms with Crippen LogP contribution in [0.3, 0.4) is 0 Å². The van der Waals surface area contributed by atoms with Gasteiger partial charge in [0, 0.05) is 36.4 Å². The minimum atomic E-state index is 0. The zero-order valence-electron chi connectivity index (χ0n) is 10.4. The second kappa shape index (κ2) is 6.12. The summed E-state index contributed by atoms with van der Waals surface area (Å²) in [5, 5.41) is 13.3. The number of hydrogen-bond acceptors (Lipinski definition) is 3. The summed E-state index contributed by atoms with van der Waals surface area (Å²) in [6, 6.07) is 6.37. The van der Waals surface area contributed by atoms with Gasteiger partial charge in [0.25, 0.3) is 0 Å². The lowest BCUT2D eigenvalue weighted by Crippen LogP contribution is -2.35. The highest BCUT2D eigenvalue weighted by Crippen LogP contribution is 2.33. The van der Waals surface area contributed by atoms with E-state index in [-0.39, 0.29) is 12.4 Å². The smallest absolute Gasteiger partial charge is 0.122 e. The normalized spacial score (nSPS) is 18.1. The second-order valence-electron chi connectivity index (χ2n) is 4.21. The van der Waals surface area contributed by atoms with Gasteiger partial charge < -0.3 is 15.3 Å². The fraction of sp³-hybridized carbons (Fsp3) is 0.538. The third-order valence-corrected chi connectivity index (χ3v) is 3.34. The number of nitrogens with one attached hydrogen (secondary N) is 1. The molecule has 1 aromatic carbocycles. The zero-order valence-corrected chi connectivity index (χ0v) is 11.3. The summed E-state index contributed by atoms with van der Waals surface area (Å²) in [4.78, 5) is 2.23. The van der Waals surface area contributed by atoms with Gasteiger partial charge in [0.2, 0.25) is 0 Å². The monoisotopic (exact) mass is 256 g/mol. The summed E-state index contributed by atoms with van der Waals surface area (Å²) in [5.74, 6) is 0.418. The lowest BCUT2D eigenvalue weighted by Gasteiger charge is -2.29. The maximum Gasteiger partial charge on any atom is 0.122 e. The van der Waals surface area contributed by atoms with Crippen molar-refractivity contribution in [1.29, 1.82) is 0 Å². The summed E-state index contributed by atoms with van der Waals surface area (Å²) in [5.41, 5.74) is 2.13. The fourth-order valence-electron chi connectivity index (χ4n) is 2.17. The highest BCUT2D eigenvalue weighted by atomic mass is 35.5. The van der Waals surface area contributed by atoms with E-state index in [1.54, 1.807) is 0 Å². The van der Waals surface area contributed by atoms with Crippen molar-refractivity contribution in [1.82, 2.24) is 5.32 Å². The molecule has 1 aromatic rings. The van der Waals surface area contributed by atoms with E-state index in [0.717, 1.165) is 37.3 Å². The Kier molecular flexibility index (Phi) is 5.09. The predicted octanol–water partition coefficient (Wildman–Crippen LogP) is 2.69. The van der Waals surface area contributed by atoms with Crippen molar-refractivity contribution >= 4 is 18.1 Å². The standard InChI is InChI=1S/C13H20N2O.ClH/c1-3-15(4-2)10-5-6-11(13(16)9-10)12-7-8-14-12;/h5-6,9,12,14,16H,3-4,7-8H2,1-2H3;1H/t12-;/m1./s1. The summed E-state index contributed by atoms with van der Waals surface area (Å²) in [6.07, 6.45) is 1.12. The first-order chi connectivity index (χ1) is 7.76. The van der Waals surface area contributed by atoms with Crippen molar-refractivity contribution in [2.45, 2.75) is 26.3 Å². The van der Waals surface area contributed by atoms with Gasteiger partial charge in [-0.3, -0.25) is 0 Å². The van der Waals surface area contributed by atoms with Gasteiger partial charge in [0.1, 0.15) is 5.75 Å². The molecular weight excluding hydrogens is 236 g/mol. The Morgan fingerprint density at radius 3 is 2.41 bits per heavy atom. The first kappa shape index (κ1) is 14.1. The van der Waals surface area contributed by atoms with Gasteiger partial charge >= 0.3 is 0 Å². The molecule has 0 amide bonds. The molecule has 0 saturated carbocycles. The maximum atomic E-state index is 10.0. The minimum Gasteiger partial charge on any atom is -0.508 e. The van der Waals surface area contributed by atoms with Crippen LogP contribution in [0.1, 0.15) is 31.9 Å².